The van der Waals surface area contributed by atoms with Crippen molar-refractivity contribution in [1.29, 1.82) is 0 Å². The monoisotopic (exact) mass is 365 g/mol. The first-order chi connectivity index (χ1) is 9.70. The molecule has 2 atom stereocenters. The van der Waals surface area contributed by atoms with Crippen LogP contribution in [0.2, 0.25) is 0 Å². The average molecular weight is 366 g/mol. The van der Waals surface area contributed by atoms with Crippen LogP contribution in [0.1, 0.15) is 25.3 Å². The summed E-state index contributed by atoms with van der Waals surface area (Å²) in [5.74, 6) is -1.37. The van der Waals surface area contributed by atoms with Gasteiger partial charge in [-0.2, -0.15) is 13.2 Å². The Morgan fingerprint density at radius 2 is 2.10 bits per heavy atom. The van der Waals surface area contributed by atoms with Crippen molar-refractivity contribution in [3.63, 3.8) is 0 Å². The van der Waals surface area contributed by atoms with Crippen LogP contribution in [-0.2, 0) is 11.0 Å². The first-order valence-corrected chi connectivity index (χ1v) is 7.35. The van der Waals surface area contributed by atoms with Crippen LogP contribution in [0.5, 0.6) is 0 Å². The van der Waals surface area contributed by atoms with Crippen molar-refractivity contribution in [1.82, 2.24) is 0 Å². The summed E-state index contributed by atoms with van der Waals surface area (Å²) in [5, 5.41) is 9.03. The van der Waals surface area contributed by atoms with Gasteiger partial charge in [0, 0.05) is 22.7 Å². The maximum atomic E-state index is 13.2. The molecule has 2 unspecified atom stereocenters. The Balaban J connectivity index is 2.33. The van der Waals surface area contributed by atoms with Crippen LogP contribution in [0.3, 0.4) is 0 Å². The van der Waals surface area contributed by atoms with E-state index < -0.39 is 23.6 Å². The molecule has 1 aliphatic heterocycles. The molecule has 1 fully saturated rings. The van der Waals surface area contributed by atoms with E-state index in [4.69, 9.17) is 5.11 Å². The lowest BCUT2D eigenvalue weighted by atomic mass is 9.91. The lowest BCUT2D eigenvalue weighted by Gasteiger charge is -2.39. The topological polar surface area (TPSA) is 40.5 Å². The summed E-state index contributed by atoms with van der Waals surface area (Å²) < 4.78 is 39.9. The molecule has 2 rings (SSSR count). The summed E-state index contributed by atoms with van der Waals surface area (Å²) in [4.78, 5) is 12.7. The fraction of sp³-hybridized carbons (Fsp3) is 0.500. The summed E-state index contributed by atoms with van der Waals surface area (Å²) in [5.41, 5.74) is -0.584. The summed E-state index contributed by atoms with van der Waals surface area (Å²) in [6.07, 6.45) is -3.74. The SMILES string of the molecule is CC1CC(C(=O)O)CCN1c1ccc(Br)cc1C(F)(F)F. The summed E-state index contributed by atoms with van der Waals surface area (Å²) in [6, 6.07) is 3.82. The second kappa shape index (κ2) is 5.87. The predicted octanol–water partition coefficient (Wildman–Crippen LogP) is 4.16. The number of alkyl halides is 3. The summed E-state index contributed by atoms with van der Waals surface area (Å²) >= 11 is 3.06. The smallest absolute Gasteiger partial charge is 0.418 e. The Morgan fingerprint density at radius 1 is 1.43 bits per heavy atom. The van der Waals surface area contributed by atoms with E-state index in [1.165, 1.54) is 6.07 Å². The van der Waals surface area contributed by atoms with Crippen molar-refractivity contribution in [3.05, 3.63) is 28.2 Å². The first-order valence-electron chi connectivity index (χ1n) is 6.56. The minimum absolute atomic E-state index is 0.113. The molecule has 0 saturated carbocycles. The number of carboxylic acids is 1. The normalized spacial score (nSPS) is 23.2. The van der Waals surface area contributed by atoms with Crippen LogP contribution in [0, 0.1) is 5.92 Å². The van der Waals surface area contributed by atoms with Crippen molar-refractivity contribution in [3.8, 4) is 0 Å². The molecule has 0 radical (unpaired) electrons. The molecule has 1 aromatic carbocycles. The Bertz CT molecular complexity index is 548. The van der Waals surface area contributed by atoms with Crippen LogP contribution in [-0.4, -0.2) is 23.7 Å². The molecule has 0 spiro atoms. The van der Waals surface area contributed by atoms with Gasteiger partial charge in [-0.3, -0.25) is 4.79 Å². The zero-order valence-electron chi connectivity index (χ0n) is 11.3. The van der Waals surface area contributed by atoms with Gasteiger partial charge in [0.2, 0.25) is 0 Å². The number of hydrogen-bond donors (Lipinski definition) is 1. The molecule has 1 N–H and O–H groups in total. The largest absolute Gasteiger partial charge is 0.481 e. The molecule has 1 aliphatic rings. The minimum Gasteiger partial charge on any atom is -0.481 e. The third-order valence-electron chi connectivity index (χ3n) is 3.80. The van der Waals surface area contributed by atoms with Gasteiger partial charge >= 0.3 is 12.1 Å². The molecule has 3 nitrogen and oxygen atoms in total. The van der Waals surface area contributed by atoms with Gasteiger partial charge in [-0.1, -0.05) is 15.9 Å². The highest BCUT2D eigenvalue weighted by atomic mass is 79.9. The van der Waals surface area contributed by atoms with Gasteiger partial charge in [-0.25, -0.2) is 0 Å². The number of carbonyl (C=O) groups is 1. The van der Waals surface area contributed by atoms with Crippen LogP contribution in [0.25, 0.3) is 0 Å². The molecule has 21 heavy (non-hydrogen) atoms. The van der Waals surface area contributed by atoms with Crippen LogP contribution in [0.4, 0.5) is 18.9 Å². The standard InChI is InChI=1S/C14H15BrF3NO2/c1-8-6-9(13(20)21)4-5-19(8)12-3-2-10(15)7-11(12)14(16,17)18/h2-3,7-9H,4-6H2,1H3,(H,20,21). The third kappa shape index (κ3) is 3.51. The summed E-state index contributed by atoms with van der Waals surface area (Å²) in [6.45, 7) is 2.07. The van der Waals surface area contributed by atoms with E-state index in [0.717, 1.165) is 6.07 Å². The van der Waals surface area contributed by atoms with E-state index in [0.29, 0.717) is 23.9 Å². The molecule has 7 heteroatoms. The van der Waals surface area contributed by atoms with E-state index in [-0.39, 0.29) is 11.7 Å². The predicted molar refractivity (Wildman–Crippen MR) is 76.3 cm³/mol. The molecule has 1 saturated heterocycles. The lowest BCUT2D eigenvalue weighted by Crippen LogP contribution is -2.43. The fourth-order valence-corrected chi connectivity index (χ4v) is 3.10. The zero-order chi connectivity index (χ0) is 15.8. The number of hydrogen-bond acceptors (Lipinski definition) is 2. The van der Waals surface area contributed by atoms with E-state index >= 15 is 0 Å². The number of benzene rings is 1. The maximum absolute atomic E-state index is 13.2. The van der Waals surface area contributed by atoms with Crippen LogP contribution in [0.15, 0.2) is 22.7 Å². The third-order valence-corrected chi connectivity index (χ3v) is 4.29. The van der Waals surface area contributed by atoms with E-state index in [9.17, 15) is 18.0 Å². The van der Waals surface area contributed by atoms with Gasteiger partial charge in [0.05, 0.1) is 11.5 Å². The Morgan fingerprint density at radius 3 is 2.62 bits per heavy atom. The molecular weight excluding hydrogens is 351 g/mol. The fourth-order valence-electron chi connectivity index (χ4n) is 2.74. The quantitative estimate of drug-likeness (QED) is 0.855. The second-order valence-corrected chi connectivity index (χ2v) is 6.18. The number of halogens is 4. The molecule has 0 aliphatic carbocycles. The van der Waals surface area contributed by atoms with Crippen LogP contribution >= 0.6 is 15.9 Å². The van der Waals surface area contributed by atoms with Crippen molar-refractivity contribution in [2.75, 3.05) is 11.4 Å². The maximum Gasteiger partial charge on any atom is 0.418 e. The molecule has 0 amide bonds. The number of rotatable bonds is 2. The van der Waals surface area contributed by atoms with Gasteiger partial charge in [-0.05, 0) is 38.0 Å². The highest BCUT2D eigenvalue weighted by molar-refractivity contribution is 9.10. The van der Waals surface area contributed by atoms with E-state index in [1.54, 1.807) is 17.9 Å². The minimum atomic E-state index is -4.44. The molecule has 116 valence electrons. The number of piperidine rings is 1. The van der Waals surface area contributed by atoms with E-state index in [1.807, 2.05) is 0 Å². The second-order valence-electron chi connectivity index (χ2n) is 5.26. The van der Waals surface area contributed by atoms with Crippen molar-refractivity contribution in [2.45, 2.75) is 32.0 Å². The van der Waals surface area contributed by atoms with Crippen molar-refractivity contribution >= 4 is 27.6 Å². The lowest BCUT2D eigenvalue weighted by molar-refractivity contribution is -0.143. The zero-order valence-corrected chi connectivity index (χ0v) is 12.9. The van der Waals surface area contributed by atoms with Crippen molar-refractivity contribution < 1.29 is 23.1 Å². The molecule has 0 aromatic heterocycles. The summed E-state index contributed by atoms with van der Waals surface area (Å²) in [7, 11) is 0. The number of nitrogens with zero attached hydrogens (tertiary/aromatic N) is 1. The molecule has 0 bridgehead atoms. The highest BCUT2D eigenvalue weighted by Gasteiger charge is 2.38. The van der Waals surface area contributed by atoms with Gasteiger partial charge in [0.25, 0.3) is 0 Å². The number of aliphatic carboxylic acids is 1. The molecular formula is C14H15BrF3NO2. The molecule has 1 aromatic rings. The van der Waals surface area contributed by atoms with Gasteiger partial charge < -0.3 is 10.0 Å². The Labute approximate surface area is 128 Å². The first kappa shape index (κ1) is 16.1. The highest BCUT2D eigenvalue weighted by Crippen LogP contribution is 2.40. The Hall–Kier alpha value is -1.24. The average Bonchev–Trinajstić information content (AvgIpc) is 2.38. The van der Waals surface area contributed by atoms with Gasteiger partial charge in [-0.15, -0.1) is 0 Å². The van der Waals surface area contributed by atoms with E-state index in [2.05, 4.69) is 15.9 Å². The molecule has 1 heterocycles. The van der Waals surface area contributed by atoms with Crippen molar-refractivity contribution in [2.24, 2.45) is 5.92 Å². The van der Waals surface area contributed by atoms with Crippen LogP contribution < -0.4 is 4.90 Å². The number of anilines is 1. The van der Waals surface area contributed by atoms with Gasteiger partial charge in [0.1, 0.15) is 0 Å². The number of carboxylic acid groups (broad SMARTS) is 1. The van der Waals surface area contributed by atoms with Gasteiger partial charge in [0.15, 0.2) is 0 Å². The Kier molecular flexibility index (Phi) is 4.51.